The minimum Gasteiger partial charge on any atom is -0.357 e. The second kappa shape index (κ2) is 4.98. The third-order valence-corrected chi connectivity index (χ3v) is 5.19. The molecule has 0 fully saturated rings. The van der Waals surface area contributed by atoms with Crippen LogP contribution < -0.4 is 0 Å². The molecule has 0 unspecified atom stereocenters. The van der Waals surface area contributed by atoms with Gasteiger partial charge in [-0.25, -0.2) is 0 Å². The van der Waals surface area contributed by atoms with Crippen molar-refractivity contribution in [1.29, 1.82) is 0 Å². The van der Waals surface area contributed by atoms with Crippen LogP contribution in [0.5, 0.6) is 0 Å². The van der Waals surface area contributed by atoms with Gasteiger partial charge in [0.25, 0.3) is 0 Å². The normalized spacial score (nSPS) is 20.9. The molecule has 1 heterocycles. The van der Waals surface area contributed by atoms with E-state index in [1.54, 1.807) is 5.20 Å². The van der Waals surface area contributed by atoms with Gasteiger partial charge in [0.1, 0.15) is 0 Å². The predicted molar refractivity (Wildman–Crippen MR) is 82.8 cm³/mol. The molecule has 0 saturated heterocycles. The Labute approximate surface area is 111 Å². The highest BCUT2D eigenvalue weighted by atomic mass is 28.3. The number of hydrogen-bond donors (Lipinski definition) is 0. The smallest absolute Gasteiger partial charge is 0.0783 e. The molecule has 2 aliphatic rings. The fraction of sp³-hybridized carbons (Fsp3) is 0.250. The Morgan fingerprint density at radius 1 is 1.00 bits per heavy atom. The molecule has 2 heteroatoms. The Morgan fingerprint density at radius 3 is 2.28 bits per heavy atom. The molecule has 0 amide bonds. The van der Waals surface area contributed by atoms with Crippen molar-refractivity contribution in [1.82, 2.24) is 4.90 Å². The van der Waals surface area contributed by atoms with E-state index >= 15 is 0 Å². The van der Waals surface area contributed by atoms with Gasteiger partial charge in [0.05, 0.1) is 8.07 Å². The summed E-state index contributed by atoms with van der Waals surface area (Å²) in [6.45, 7) is 7.17. The lowest BCUT2D eigenvalue weighted by Gasteiger charge is -2.19. The van der Waals surface area contributed by atoms with Crippen LogP contribution in [-0.2, 0) is 0 Å². The minimum atomic E-state index is -1.23. The standard InChI is InChI=1S/C16H21NSi/c1-17-12-10-14(11-13-17)8-9-15-6-5-7-16(15)18(2,3)4/h5-13H,1-4H3. The van der Waals surface area contributed by atoms with E-state index in [1.807, 2.05) is 11.9 Å². The summed E-state index contributed by atoms with van der Waals surface area (Å²) in [5, 5.41) is 1.54. The first kappa shape index (κ1) is 12.9. The van der Waals surface area contributed by atoms with E-state index in [1.165, 1.54) is 11.1 Å². The Kier molecular flexibility index (Phi) is 3.57. The SMILES string of the molecule is CN1C=CC(=CC=C2C=CC=C2[Si](C)(C)C)C=C1. The van der Waals surface area contributed by atoms with Gasteiger partial charge in [-0.15, -0.1) is 0 Å². The summed E-state index contributed by atoms with van der Waals surface area (Å²) in [7, 11) is 0.808. The molecule has 0 N–H and O–H groups in total. The third-order valence-electron chi connectivity index (χ3n) is 3.12. The van der Waals surface area contributed by atoms with Gasteiger partial charge < -0.3 is 4.90 Å². The van der Waals surface area contributed by atoms with Gasteiger partial charge in [-0.05, 0) is 23.3 Å². The van der Waals surface area contributed by atoms with E-state index in [2.05, 4.69) is 74.6 Å². The van der Waals surface area contributed by atoms with Gasteiger partial charge in [0.2, 0.25) is 0 Å². The monoisotopic (exact) mass is 255 g/mol. The van der Waals surface area contributed by atoms with Crippen molar-refractivity contribution in [3.63, 3.8) is 0 Å². The molecule has 0 bridgehead atoms. The van der Waals surface area contributed by atoms with Gasteiger partial charge in [-0.2, -0.15) is 0 Å². The van der Waals surface area contributed by atoms with Gasteiger partial charge in [-0.1, -0.05) is 55.2 Å². The zero-order valence-corrected chi connectivity index (χ0v) is 12.6. The molecular formula is C16H21NSi. The fourth-order valence-electron chi connectivity index (χ4n) is 2.07. The Morgan fingerprint density at radius 2 is 1.67 bits per heavy atom. The molecule has 1 aliphatic carbocycles. The van der Waals surface area contributed by atoms with Crippen LogP contribution in [0.3, 0.4) is 0 Å². The first-order chi connectivity index (χ1) is 8.47. The predicted octanol–water partition coefficient (Wildman–Crippen LogP) is 4.19. The van der Waals surface area contributed by atoms with Crippen LogP contribution in [0, 0.1) is 0 Å². The van der Waals surface area contributed by atoms with E-state index in [0.717, 1.165) is 0 Å². The molecule has 0 radical (unpaired) electrons. The fourth-order valence-corrected chi connectivity index (χ4v) is 3.70. The summed E-state index contributed by atoms with van der Waals surface area (Å²) in [6.07, 6.45) is 19.5. The average Bonchev–Trinajstić information content (AvgIpc) is 2.76. The van der Waals surface area contributed by atoms with Gasteiger partial charge in [0.15, 0.2) is 0 Å². The molecule has 18 heavy (non-hydrogen) atoms. The molecule has 0 aromatic carbocycles. The third kappa shape index (κ3) is 3.02. The van der Waals surface area contributed by atoms with Crippen LogP contribution in [0.4, 0.5) is 0 Å². The topological polar surface area (TPSA) is 3.24 Å². The maximum Gasteiger partial charge on any atom is 0.0783 e. The van der Waals surface area contributed by atoms with Crippen molar-refractivity contribution >= 4 is 8.07 Å². The summed E-state index contributed by atoms with van der Waals surface area (Å²) in [5.74, 6) is 0. The van der Waals surface area contributed by atoms with Crippen molar-refractivity contribution in [2.24, 2.45) is 0 Å². The van der Waals surface area contributed by atoms with Crippen molar-refractivity contribution in [3.8, 4) is 0 Å². The molecule has 2 rings (SSSR count). The molecule has 0 saturated carbocycles. The van der Waals surface area contributed by atoms with E-state index in [9.17, 15) is 0 Å². The van der Waals surface area contributed by atoms with E-state index in [0.29, 0.717) is 0 Å². The quantitative estimate of drug-likeness (QED) is 0.669. The van der Waals surface area contributed by atoms with Crippen molar-refractivity contribution < 1.29 is 0 Å². The Balaban J connectivity index is 2.18. The largest absolute Gasteiger partial charge is 0.357 e. The molecule has 1 aliphatic heterocycles. The average molecular weight is 255 g/mol. The summed E-state index contributed by atoms with van der Waals surface area (Å²) in [6, 6.07) is 0. The lowest BCUT2D eigenvalue weighted by Crippen LogP contribution is -2.23. The highest BCUT2D eigenvalue weighted by Crippen LogP contribution is 2.28. The molecular weight excluding hydrogens is 234 g/mol. The van der Waals surface area contributed by atoms with Crippen LogP contribution in [-0.4, -0.2) is 20.0 Å². The van der Waals surface area contributed by atoms with E-state index < -0.39 is 8.07 Å². The van der Waals surface area contributed by atoms with Crippen LogP contribution in [0.1, 0.15) is 0 Å². The number of allylic oxidation sites excluding steroid dienone is 10. The Hall–Kier alpha value is -1.54. The van der Waals surface area contributed by atoms with Gasteiger partial charge in [-0.3, -0.25) is 0 Å². The first-order valence-corrected chi connectivity index (χ1v) is 9.86. The number of rotatable bonds is 2. The molecule has 1 nitrogen and oxygen atoms in total. The molecule has 94 valence electrons. The highest BCUT2D eigenvalue weighted by molar-refractivity contribution is 6.84. The van der Waals surface area contributed by atoms with E-state index in [-0.39, 0.29) is 0 Å². The summed E-state index contributed by atoms with van der Waals surface area (Å²) in [5.41, 5.74) is 2.62. The van der Waals surface area contributed by atoms with Crippen molar-refractivity contribution in [3.05, 3.63) is 71.3 Å². The highest BCUT2D eigenvalue weighted by Gasteiger charge is 2.22. The molecule has 0 atom stereocenters. The number of nitrogens with zero attached hydrogens (tertiary/aromatic N) is 1. The van der Waals surface area contributed by atoms with Gasteiger partial charge in [0, 0.05) is 19.4 Å². The second-order valence-electron chi connectivity index (χ2n) is 5.78. The minimum absolute atomic E-state index is 1.23. The summed E-state index contributed by atoms with van der Waals surface area (Å²) >= 11 is 0. The maximum atomic E-state index is 2.39. The summed E-state index contributed by atoms with van der Waals surface area (Å²) < 4.78 is 0. The lowest BCUT2D eigenvalue weighted by molar-refractivity contribution is 0.620. The van der Waals surface area contributed by atoms with Crippen LogP contribution in [0.25, 0.3) is 0 Å². The van der Waals surface area contributed by atoms with E-state index in [4.69, 9.17) is 0 Å². The van der Waals surface area contributed by atoms with Crippen LogP contribution in [0.2, 0.25) is 19.6 Å². The zero-order chi connectivity index (χ0) is 13.2. The summed E-state index contributed by atoms with van der Waals surface area (Å²) in [4.78, 5) is 2.05. The lowest BCUT2D eigenvalue weighted by atomic mass is 10.1. The molecule has 0 spiro atoms. The van der Waals surface area contributed by atoms with Crippen LogP contribution in [0.15, 0.2) is 71.3 Å². The second-order valence-corrected chi connectivity index (χ2v) is 10.8. The first-order valence-electron chi connectivity index (χ1n) is 6.36. The van der Waals surface area contributed by atoms with Crippen LogP contribution >= 0.6 is 0 Å². The molecule has 0 aromatic rings. The molecule has 0 aromatic heterocycles. The zero-order valence-electron chi connectivity index (χ0n) is 11.6. The maximum absolute atomic E-state index is 2.39. The van der Waals surface area contributed by atoms with Crippen molar-refractivity contribution in [2.45, 2.75) is 19.6 Å². The van der Waals surface area contributed by atoms with Crippen molar-refractivity contribution in [2.75, 3.05) is 7.05 Å². The van der Waals surface area contributed by atoms with Gasteiger partial charge >= 0.3 is 0 Å². The Bertz CT molecular complexity index is 492. The number of hydrogen-bond acceptors (Lipinski definition) is 1.